The van der Waals surface area contributed by atoms with Crippen LogP contribution in [-0.4, -0.2) is 59.8 Å². The average Bonchev–Trinajstić information content (AvgIpc) is 3.15. The maximum atomic E-state index is 12.6. The van der Waals surface area contributed by atoms with E-state index in [0.717, 1.165) is 25.9 Å². The minimum Gasteiger partial charge on any atom is -0.444 e. The summed E-state index contributed by atoms with van der Waals surface area (Å²) in [4.78, 5) is 17.0. The van der Waals surface area contributed by atoms with E-state index in [1.165, 1.54) is 27.8 Å². The second-order valence-electron chi connectivity index (χ2n) is 11.2. The van der Waals surface area contributed by atoms with Gasteiger partial charge in [-0.3, -0.25) is 4.90 Å². The first kappa shape index (κ1) is 24.7. The quantitative estimate of drug-likeness (QED) is 0.588. The molecule has 1 saturated heterocycles. The van der Waals surface area contributed by atoms with Crippen molar-refractivity contribution >= 4 is 6.09 Å². The number of carbonyl (C=O) groups is 1. The van der Waals surface area contributed by atoms with Gasteiger partial charge < -0.3 is 14.4 Å². The van der Waals surface area contributed by atoms with Crippen molar-refractivity contribution in [2.24, 2.45) is 0 Å². The number of hydrogen-bond donors (Lipinski definition) is 0. The molecule has 5 heteroatoms. The molecule has 4 rings (SSSR count). The number of amides is 1. The van der Waals surface area contributed by atoms with E-state index in [0.29, 0.717) is 19.7 Å². The molecule has 1 heterocycles. The lowest BCUT2D eigenvalue weighted by Crippen LogP contribution is -2.60. The van der Waals surface area contributed by atoms with Crippen LogP contribution in [0.15, 0.2) is 42.5 Å². The number of rotatable bonds is 5. The van der Waals surface area contributed by atoms with Gasteiger partial charge in [0.1, 0.15) is 5.60 Å². The van der Waals surface area contributed by atoms with Gasteiger partial charge in [-0.2, -0.15) is 0 Å². The summed E-state index contributed by atoms with van der Waals surface area (Å²) in [6, 6.07) is 15.4. The van der Waals surface area contributed by atoms with Crippen molar-refractivity contribution in [3.8, 4) is 0 Å². The number of fused-ring (bicyclic) bond motifs is 1. The fourth-order valence-electron chi connectivity index (χ4n) is 5.40. The Morgan fingerprint density at radius 3 is 2.06 bits per heavy atom. The smallest absolute Gasteiger partial charge is 0.410 e. The van der Waals surface area contributed by atoms with E-state index in [4.69, 9.17) is 9.47 Å². The van der Waals surface area contributed by atoms with Gasteiger partial charge in [-0.1, -0.05) is 53.6 Å². The molecule has 0 radical (unpaired) electrons. The summed E-state index contributed by atoms with van der Waals surface area (Å²) in [7, 11) is 0. The Hall–Kier alpha value is -2.37. The molecule has 0 aromatic heterocycles. The lowest BCUT2D eigenvalue weighted by atomic mass is 9.93. The highest BCUT2D eigenvalue weighted by atomic mass is 16.6. The molecule has 5 nitrogen and oxygen atoms in total. The van der Waals surface area contributed by atoms with Crippen LogP contribution in [0.5, 0.6) is 0 Å². The highest BCUT2D eigenvalue weighted by molar-refractivity contribution is 5.68. The van der Waals surface area contributed by atoms with Gasteiger partial charge in [0.2, 0.25) is 0 Å². The van der Waals surface area contributed by atoms with Crippen molar-refractivity contribution in [1.82, 2.24) is 9.80 Å². The molecule has 1 fully saturated rings. The number of benzene rings is 2. The van der Waals surface area contributed by atoms with Crippen LogP contribution in [0, 0.1) is 13.8 Å². The average molecular weight is 465 g/mol. The normalized spacial score (nSPS) is 19.1. The Labute approximate surface area is 205 Å². The first-order valence-corrected chi connectivity index (χ1v) is 12.5. The van der Waals surface area contributed by atoms with Gasteiger partial charge in [-0.15, -0.1) is 0 Å². The lowest BCUT2D eigenvalue weighted by Gasteiger charge is -2.46. The molecule has 0 N–H and O–H groups in total. The van der Waals surface area contributed by atoms with E-state index < -0.39 is 5.60 Å². The Morgan fingerprint density at radius 2 is 1.53 bits per heavy atom. The maximum absolute atomic E-state index is 12.6. The minimum absolute atomic E-state index is 0.0299. The highest BCUT2D eigenvalue weighted by Gasteiger charge is 2.44. The summed E-state index contributed by atoms with van der Waals surface area (Å²) in [6.45, 7) is 15.9. The summed E-state index contributed by atoms with van der Waals surface area (Å²) in [5.74, 6) is 0. The third-order valence-corrected chi connectivity index (χ3v) is 7.08. The fourth-order valence-corrected chi connectivity index (χ4v) is 5.40. The molecule has 2 aromatic rings. The molecule has 34 heavy (non-hydrogen) atoms. The Kier molecular flexibility index (Phi) is 7.07. The molecule has 184 valence electrons. The summed E-state index contributed by atoms with van der Waals surface area (Å²) in [5.41, 5.74) is 6.05. The van der Waals surface area contributed by atoms with E-state index in [1.54, 1.807) is 0 Å². The maximum Gasteiger partial charge on any atom is 0.410 e. The largest absolute Gasteiger partial charge is 0.444 e. The van der Waals surface area contributed by atoms with Crippen LogP contribution in [0.3, 0.4) is 0 Å². The lowest BCUT2D eigenvalue weighted by molar-refractivity contribution is -0.0522. The zero-order valence-corrected chi connectivity index (χ0v) is 21.7. The van der Waals surface area contributed by atoms with E-state index in [-0.39, 0.29) is 17.7 Å². The first-order valence-electron chi connectivity index (χ1n) is 12.5. The standard InChI is InChI=1S/C29H40N2O3/c1-21-15-22(2)17-26(16-21)23(3)33-20-29(18-24-9-7-8-10-25(24)19-29)31-13-11-30(12-14-31)27(32)34-28(4,5)6/h7-10,15-17,23H,11-14,18-20H2,1-6H3. The third-order valence-electron chi connectivity index (χ3n) is 7.08. The molecule has 1 aliphatic carbocycles. The monoisotopic (exact) mass is 464 g/mol. The van der Waals surface area contributed by atoms with Gasteiger partial charge in [0.05, 0.1) is 18.2 Å². The van der Waals surface area contributed by atoms with Gasteiger partial charge in [0.15, 0.2) is 0 Å². The van der Waals surface area contributed by atoms with Crippen LogP contribution in [-0.2, 0) is 22.3 Å². The van der Waals surface area contributed by atoms with Crippen LogP contribution in [0.1, 0.15) is 61.6 Å². The van der Waals surface area contributed by atoms with Crippen molar-refractivity contribution in [2.45, 2.75) is 71.6 Å². The topological polar surface area (TPSA) is 42.0 Å². The van der Waals surface area contributed by atoms with Gasteiger partial charge >= 0.3 is 6.09 Å². The predicted molar refractivity (Wildman–Crippen MR) is 136 cm³/mol. The predicted octanol–water partition coefficient (Wildman–Crippen LogP) is 5.47. The van der Waals surface area contributed by atoms with E-state index in [1.807, 2.05) is 25.7 Å². The first-order chi connectivity index (χ1) is 16.0. The van der Waals surface area contributed by atoms with Crippen LogP contribution in [0.2, 0.25) is 0 Å². The van der Waals surface area contributed by atoms with Gasteiger partial charge in [0, 0.05) is 26.2 Å². The number of nitrogens with zero attached hydrogens (tertiary/aromatic N) is 2. The number of ether oxygens (including phenoxy) is 2. The zero-order chi connectivity index (χ0) is 24.5. The van der Waals surface area contributed by atoms with Crippen molar-refractivity contribution in [3.05, 3.63) is 70.3 Å². The molecule has 0 spiro atoms. The van der Waals surface area contributed by atoms with Gasteiger partial charge in [-0.25, -0.2) is 4.79 Å². The third kappa shape index (κ3) is 5.64. The van der Waals surface area contributed by atoms with Crippen LogP contribution < -0.4 is 0 Å². The van der Waals surface area contributed by atoms with E-state index >= 15 is 0 Å². The molecule has 1 aliphatic heterocycles. The van der Waals surface area contributed by atoms with E-state index in [2.05, 4.69) is 68.1 Å². The Balaban J connectivity index is 1.48. The highest BCUT2D eigenvalue weighted by Crippen LogP contribution is 2.37. The van der Waals surface area contributed by atoms with Gasteiger partial charge in [-0.05, 0) is 71.1 Å². The van der Waals surface area contributed by atoms with Crippen molar-refractivity contribution in [3.63, 3.8) is 0 Å². The summed E-state index contributed by atoms with van der Waals surface area (Å²) in [6.07, 6.45) is 1.78. The molecule has 1 amide bonds. The molecule has 1 unspecified atom stereocenters. The molecule has 2 aliphatic rings. The zero-order valence-electron chi connectivity index (χ0n) is 21.7. The van der Waals surface area contributed by atoms with Crippen molar-refractivity contribution in [2.75, 3.05) is 32.8 Å². The summed E-state index contributed by atoms with van der Waals surface area (Å²) in [5, 5.41) is 0. The Bertz CT molecular complexity index is 973. The van der Waals surface area contributed by atoms with Crippen molar-refractivity contribution < 1.29 is 14.3 Å². The van der Waals surface area contributed by atoms with Crippen LogP contribution >= 0.6 is 0 Å². The second kappa shape index (κ2) is 9.71. The molecular weight excluding hydrogens is 424 g/mol. The molecule has 2 aromatic carbocycles. The van der Waals surface area contributed by atoms with Crippen LogP contribution in [0.25, 0.3) is 0 Å². The number of hydrogen-bond acceptors (Lipinski definition) is 4. The molecular formula is C29H40N2O3. The minimum atomic E-state index is -0.472. The van der Waals surface area contributed by atoms with Crippen LogP contribution in [0.4, 0.5) is 4.79 Å². The number of aryl methyl sites for hydroxylation is 2. The molecule has 1 atom stereocenters. The summed E-state index contributed by atoms with van der Waals surface area (Å²) < 4.78 is 12.2. The number of carbonyl (C=O) groups excluding carboxylic acids is 1. The van der Waals surface area contributed by atoms with Crippen molar-refractivity contribution in [1.29, 1.82) is 0 Å². The van der Waals surface area contributed by atoms with E-state index in [9.17, 15) is 4.79 Å². The number of piperazine rings is 1. The van der Waals surface area contributed by atoms with Gasteiger partial charge in [0.25, 0.3) is 0 Å². The second-order valence-corrected chi connectivity index (χ2v) is 11.2. The molecule has 0 bridgehead atoms. The Morgan fingerprint density at radius 1 is 0.971 bits per heavy atom. The summed E-state index contributed by atoms with van der Waals surface area (Å²) >= 11 is 0. The molecule has 0 saturated carbocycles. The fraction of sp³-hybridized carbons (Fsp3) is 0.552. The SMILES string of the molecule is Cc1cc(C)cc(C(C)OCC2(N3CCN(C(=O)OC(C)(C)C)CC3)Cc3ccccc3C2)c1.